The molecule has 0 spiro atoms. The van der Waals surface area contributed by atoms with Gasteiger partial charge in [0.05, 0.1) is 5.69 Å². The van der Waals surface area contributed by atoms with E-state index in [2.05, 4.69) is 28.2 Å². The van der Waals surface area contributed by atoms with E-state index in [1.165, 1.54) is 5.56 Å². The summed E-state index contributed by atoms with van der Waals surface area (Å²) in [5.74, 6) is 1.72. The van der Waals surface area contributed by atoms with Gasteiger partial charge in [0.15, 0.2) is 0 Å². The first-order valence-corrected chi connectivity index (χ1v) is 8.94. The monoisotopic (exact) mass is 358 g/mol. The van der Waals surface area contributed by atoms with E-state index >= 15 is 0 Å². The van der Waals surface area contributed by atoms with Crippen LogP contribution in [0.5, 0.6) is 0 Å². The second-order valence-corrected chi connectivity index (χ2v) is 6.92. The summed E-state index contributed by atoms with van der Waals surface area (Å²) >= 11 is 0. The molecule has 6 heteroatoms. The maximum Gasteiger partial charge on any atom is 0.136 e. The van der Waals surface area contributed by atoms with Crippen LogP contribution in [0.1, 0.15) is 28.3 Å². The number of hydrogen-bond acceptors (Lipinski definition) is 5. The van der Waals surface area contributed by atoms with Crippen LogP contribution < -0.4 is 4.90 Å². The molecule has 27 heavy (non-hydrogen) atoms. The lowest BCUT2D eigenvalue weighted by molar-refractivity contribution is 0.892. The lowest BCUT2D eigenvalue weighted by Crippen LogP contribution is -2.14. The smallest absolute Gasteiger partial charge is 0.136 e. The molecule has 4 aromatic rings. The third-order valence-electron chi connectivity index (χ3n) is 4.45. The molecular formula is C21H22N6. The second-order valence-electron chi connectivity index (χ2n) is 6.92. The highest BCUT2D eigenvalue weighted by Gasteiger charge is 2.09. The molecule has 0 bridgehead atoms. The lowest BCUT2D eigenvalue weighted by Gasteiger charge is -2.14. The van der Waals surface area contributed by atoms with E-state index in [0.29, 0.717) is 6.42 Å². The number of imidazole rings is 1. The van der Waals surface area contributed by atoms with Crippen molar-refractivity contribution in [3.8, 4) is 0 Å². The molecule has 0 fully saturated rings. The average Bonchev–Trinajstić information content (AvgIpc) is 3.11. The van der Waals surface area contributed by atoms with Gasteiger partial charge in [-0.25, -0.2) is 15.0 Å². The summed E-state index contributed by atoms with van der Waals surface area (Å²) in [5, 5.41) is 0. The minimum Gasteiger partial charge on any atom is -0.363 e. The van der Waals surface area contributed by atoms with Gasteiger partial charge in [-0.3, -0.25) is 4.98 Å². The van der Waals surface area contributed by atoms with E-state index in [-0.39, 0.29) is 0 Å². The molecule has 4 rings (SSSR count). The summed E-state index contributed by atoms with van der Waals surface area (Å²) in [4.78, 5) is 20.3. The number of hydrogen-bond donors (Lipinski definition) is 0. The summed E-state index contributed by atoms with van der Waals surface area (Å²) in [5.41, 5.74) is 5.25. The fourth-order valence-electron chi connectivity index (χ4n) is 2.99. The van der Waals surface area contributed by atoms with Crippen molar-refractivity contribution in [2.45, 2.75) is 19.8 Å². The van der Waals surface area contributed by atoms with Crippen molar-refractivity contribution in [3.05, 3.63) is 83.5 Å². The van der Waals surface area contributed by atoms with Gasteiger partial charge in [0, 0.05) is 63.5 Å². The third kappa shape index (κ3) is 3.95. The van der Waals surface area contributed by atoms with Gasteiger partial charge in [0.1, 0.15) is 17.3 Å². The molecule has 0 aliphatic heterocycles. The molecule has 0 unspecified atom stereocenters. The van der Waals surface area contributed by atoms with Gasteiger partial charge in [-0.1, -0.05) is 6.07 Å². The molecule has 136 valence electrons. The Balaban J connectivity index is 1.64. The first-order chi connectivity index (χ1) is 13.1. The molecule has 0 N–H and O–H groups in total. The largest absolute Gasteiger partial charge is 0.363 e. The quantitative estimate of drug-likeness (QED) is 0.549. The molecule has 0 aromatic carbocycles. The van der Waals surface area contributed by atoms with Gasteiger partial charge in [-0.15, -0.1) is 0 Å². The number of fused-ring (bicyclic) bond motifs is 1. The molecule has 0 atom stereocenters. The number of aromatic nitrogens is 5. The van der Waals surface area contributed by atoms with E-state index in [1.54, 1.807) is 0 Å². The van der Waals surface area contributed by atoms with Gasteiger partial charge in [-0.05, 0) is 36.2 Å². The summed E-state index contributed by atoms with van der Waals surface area (Å²) in [6, 6.07) is 10.4. The van der Waals surface area contributed by atoms with Crippen LogP contribution in [0, 0.1) is 6.92 Å². The second kappa shape index (κ2) is 7.15. The van der Waals surface area contributed by atoms with E-state index in [1.807, 2.05) is 67.2 Å². The summed E-state index contributed by atoms with van der Waals surface area (Å²) in [6.07, 6.45) is 9.09. The van der Waals surface area contributed by atoms with Crippen LogP contribution in [0.2, 0.25) is 0 Å². The molecular weight excluding hydrogens is 336 g/mol. The van der Waals surface area contributed by atoms with E-state index in [4.69, 9.17) is 9.97 Å². The van der Waals surface area contributed by atoms with Crippen molar-refractivity contribution in [3.63, 3.8) is 0 Å². The predicted octanol–water partition coefficient (Wildman–Crippen LogP) is 3.08. The van der Waals surface area contributed by atoms with E-state index < -0.39 is 0 Å². The van der Waals surface area contributed by atoms with Gasteiger partial charge >= 0.3 is 0 Å². The number of anilines is 1. The van der Waals surface area contributed by atoms with Gasteiger partial charge in [0.25, 0.3) is 0 Å². The molecule has 0 saturated carbocycles. The Morgan fingerprint density at radius 2 is 1.81 bits per heavy atom. The molecule has 0 aliphatic rings. The number of rotatable bonds is 5. The molecule has 0 amide bonds. The normalized spacial score (nSPS) is 11.1. The van der Waals surface area contributed by atoms with Crippen molar-refractivity contribution < 1.29 is 0 Å². The zero-order valence-corrected chi connectivity index (χ0v) is 15.8. The van der Waals surface area contributed by atoms with Crippen molar-refractivity contribution in [1.29, 1.82) is 0 Å². The Morgan fingerprint density at radius 1 is 0.926 bits per heavy atom. The summed E-state index contributed by atoms with van der Waals surface area (Å²) < 4.78 is 2.00. The minimum absolute atomic E-state index is 0.668. The zero-order valence-electron chi connectivity index (χ0n) is 15.8. The van der Waals surface area contributed by atoms with Crippen LogP contribution in [-0.2, 0) is 12.8 Å². The van der Waals surface area contributed by atoms with Crippen molar-refractivity contribution in [2.75, 3.05) is 19.0 Å². The highest BCUT2D eigenvalue weighted by atomic mass is 15.1. The summed E-state index contributed by atoms with van der Waals surface area (Å²) in [6.45, 7) is 1.99. The maximum atomic E-state index is 4.80. The number of pyridine rings is 2. The van der Waals surface area contributed by atoms with Crippen molar-refractivity contribution in [1.82, 2.24) is 24.3 Å². The molecule has 0 radical (unpaired) electrons. The standard InChI is InChI=1S/C21H22N6/c1-15-4-5-17(14-23-15)11-19-24-18(13-21(25-19)26(2)3)10-16-6-8-27-9-7-22-20(27)12-16/h4-9,12-14H,10-11H2,1-3H3. The molecule has 0 aliphatic carbocycles. The Labute approximate surface area is 158 Å². The average molecular weight is 358 g/mol. The van der Waals surface area contributed by atoms with Crippen LogP contribution >= 0.6 is 0 Å². The Bertz CT molecular complexity index is 1070. The maximum absolute atomic E-state index is 4.80. The van der Waals surface area contributed by atoms with E-state index in [9.17, 15) is 0 Å². The van der Waals surface area contributed by atoms with Gasteiger partial charge < -0.3 is 9.30 Å². The van der Waals surface area contributed by atoms with Crippen LogP contribution in [0.4, 0.5) is 5.82 Å². The van der Waals surface area contributed by atoms with Crippen molar-refractivity contribution >= 4 is 11.5 Å². The topological polar surface area (TPSA) is 59.2 Å². The Kier molecular flexibility index (Phi) is 4.54. The fourth-order valence-corrected chi connectivity index (χ4v) is 2.99. The summed E-state index contributed by atoms with van der Waals surface area (Å²) in [7, 11) is 4.00. The first kappa shape index (κ1) is 17.1. The molecule has 0 saturated heterocycles. The highest BCUT2D eigenvalue weighted by molar-refractivity contribution is 5.44. The predicted molar refractivity (Wildman–Crippen MR) is 106 cm³/mol. The van der Waals surface area contributed by atoms with Gasteiger partial charge in [-0.2, -0.15) is 0 Å². The first-order valence-electron chi connectivity index (χ1n) is 8.94. The Hall–Kier alpha value is -3.28. The molecule has 4 heterocycles. The minimum atomic E-state index is 0.668. The molecule has 4 aromatic heterocycles. The van der Waals surface area contributed by atoms with Crippen LogP contribution in [0.15, 0.2) is 55.1 Å². The number of nitrogens with zero attached hydrogens (tertiary/aromatic N) is 6. The van der Waals surface area contributed by atoms with Gasteiger partial charge in [0.2, 0.25) is 0 Å². The highest BCUT2D eigenvalue weighted by Crippen LogP contribution is 2.16. The number of aryl methyl sites for hydroxylation is 1. The Morgan fingerprint density at radius 3 is 2.59 bits per heavy atom. The zero-order chi connectivity index (χ0) is 18.8. The van der Waals surface area contributed by atoms with Crippen LogP contribution in [0.3, 0.4) is 0 Å². The fraction of sp³-hybridized carbons (Fsp3) is 0.238. The van der Waals surface area contributed by atoms with Crippen LogP contribution in [-0.4, -0.2) is 38.4 Å². The van der Waals surface area contributed by atoms with Crippen molar-refractivity contribution in [2.24, 2.45) is 0 Å². The third-order valence-corrected chi connectivity index (χ3v) is 4.45. The SMILES string of the molecule is Cc1ccc(Cc2nc(Cc3ccn4ccnc4c3)cc(N(C)C)n2)cn1. The van der Waals surface area contributed by atoms with E-state index in [0.717, 1.165) is 40.7 Å². The molecule has 6 nitrogen and oxygen atoms in total. The lowest BCUT2D eigenvalue weighted by atomic mass is 10.1. The van der Waals surface area contributed by atoms with Crippen LogP contribution in [0.25, 0.3) is 5.65 Å².